The lowest BCUT2D eigenvalue weighted by atomic mass is 10.0. The van der Waals surface area contributed by atoms with Gasteiger partial charge in [0.2, 0.25) is 11.8 Å². The van der Waals surface area contributed by atoms with E-state index in [1.807, 2.05) is 0 Å². The SMILES string of the molecule is C=CCC(CC(N)=O)C(=O)NO. The summed E-state index contributed by atoms with van der Waals surface area (Å²) in [5.41, 5.74) is 6.34. The van der Waals surface area contributed by atoms with Gasteiger partial charge in [-0.15, -0.1) is 6.58 Å². The van der Waals surface area contributed by atoms with Crippen molar-refractivity contribution in [1.82, 2.24) is 5.48 Å². The first-order valence-corrected chi connectivity index (χ1v) is 3.45. The van der Waals surface area contributed by atoms with Gasteiger partial charge in [0.25, 0.3) is 0 Å². The maximum atomic E-state index is 10.8. The highest BCUT2D eigenvalue weighted by atomic mass is 16.5. The van der Waals surface area contributed by atoms with Crippen molar-refractivity contribution in [3.63, 3.8) is 0 Å². The zero-order valence-electron chi connectivity index (χ0n) is 6.62. The van der Waals surface area contributed by atoms with Gasteiger partial charge in [-0.05, 0) is 6.42 Å². The Morgan fingerprint density at radius 2 is 2.25 bits per heavy atom. The Labute approximate surface area is 70.2 Å². The second-order valence-electron chi connectivity index (χ2n) is 2.37. The van der Waals surface area contributed by atoms with E-state index in [4.69, 9.17) is 10.9 Å². The number of hydroxylamine groups is 1. The molecule has 0 radical (unpaired) electrons. The van der Waals surface area contributed by atoms with E-state index in [1.165, 1.54) is 11.6 Å². The maximum absolute atomic E-state index is 10.8. The van der Waals surface area contributed by atoms with Gasteiger partial charge in [-0.25, -0.2) is 5.48 Å². The summed E-state index contributed by atoms with van der Waals surface area (Å²) in [5, 5.41) is 8.26. The van der Waals surface area contributed by atoms with Gasteiger partial charge in [-0.2, -0.15) is 0 Å². The van der Waals surface area contributed by atoms with Gasteiger partial charge in [0.1, 0.15) is 0 Å². The molecule has 0 fully saturated rings. The molecule has 5 heteroatoms. The molecule has 2 amide bonds. The van der Waals surface area contributed by atoms with Crippen molar-refractivity contribution in [3.8, 4) is 0 Å². The fourth-order valence-electron chi connectivity index (χ4n) is 0.818. The summed E-state index contributed by atoms with van der Waals surface area (Å²) in [6.07, 6.45) is 1.72. The molecule has 68 valence electrons. The first kappa shape index (κ1) is 10.6. The van der Waals surface area contributed by atoms with Crippen LogP contribution in [0.25, 0.3) is 0 Å². The minimum atomic E-state index is -0.620. The minimum Gasteiger partial charge on any atom is -0.370 e. The second-order valence-corrected chi connectivity index (χ2v) is 2.37. The molecule has 0 saturated heterocycles. The monoisotopic (exact) mass is 172 g/mol. The summed E-state index contributed by atoms with van der Waals surface area (Å²) in [4.78, 5) is 21.3. The van der Waals surface area contributed by atoms with Gasteiger partial charge in [0, 0.05) is 6.42 Å². The van der Waals surface area contributed by atoms with Crippen LogP contribution in [0, 0.1) is 5.92 Å². The molecule has 0 spiro atoms. The highest BCUT2D eigenvalue weighted by Gasteiger charge is 2.18. The molecule has 0 aromatic rings. The van der Waals surface area contributed by atoms with E-state index in [9.17, 15) is 9.59 Å². The van der Waals surface area contributed by atoms with E-state index in [2.05, 4.69) is 6.58 Å². The van der Waals surface area contributed by atoms with Crippen LogP contribution >= 0.6 is 0 Å². The van der Waals surface area contributed by atoms with Crippen LogP contribution < -0.4 is 11.2 Å². The summed E-state index contributed by atoms with van der Waals surface area (Å²) in [6.45, 7) is 3.41. The number of allylic oxidation sites excluding steroid dienone is 1. The Morgan fingerprint density at radius 1 is 1.67 bits per heavy atom. The number of nitrogens with two attached hydrogens (primary N) is 1. The van der Waals surface area contributed by atoms with Gasteiger partial charge in [0.15, 0.2) is 0 Å². The van der Waals surface area contributed by atoms with Crippen molar-refractivity contribution < 1.29 is 14.8 Å². The molecule has 4 N–H and O–H groups in total. The van der Waals surface area contributed by atoms with E-state index in [1.54, 1.807) is 0 Å². The molecule has 0 aromatic carbocycles. The van der Waals surface area contributed by atoms with Gasteiger partial charge in [-0.1, -0.05) is 6.08 Å². The van der Waals surface area contributed by atoms with Crippen LogP contribution in [0.3, 0.4) is 0 Å². The standard InChI is InChI=1S/C7H12N2O3/c1-2-3-5(4-6(8)10)7(11)9-12/h2,5,12H,1,3-4H2,(H2,8,10)(H,9,11). The molecule has 0 bridgehead atoms. The van der Waals surface area contributed by atoms with Crippen LogP contribution in [-0.4, -0.2) is 17.0 Å². The average Bonchev–Trinajstić information content (AvgIpc) is 2.01. The zero-order chi connectivity index (χ0) is 9.56. The molecule has 0 aromatic heterocycles. The molecular weight excluding hydrogens is 160 g/mol. The minimum absolute atomic E-state index is 0.0849. The van der Waals surface area contributed by atoms with Crippen molar-refractivity contribution in [3.05, 3.63) is 12.7 Å². The summed E-state index contributed by atoms with van der Waals surface area (Å²) >= 11 is 0. The maximum Gasteiger partial charge on any atom is 0.247 e. The van der Waals surface area contributed by atoms with Crippen LogP contribution in [0.4, 0.5) is 0 Å². The molecule has 0 aliphatic rings. The number of hydrogen-bond acceptors (Lipinski definition) is 3. The Hall–Kier alpha value is -1.36. The van der Waals surface area contributed by atoms with Gasteiger partial charge >= 0.3 is 0 Å². The topological polar surface area (TPSA) is 92.4 Å². The van der Waals surface area contributed by atoms with Crippen molar-refractivity contribution in [1.29, 1.82) is 0 Å². The average molecular weight is 172 g/mol. The number of amides is 2. The molecular formula is C7H12N2O3. The number of primary amides is 1. The van der Waals surface area contributed by atoms with Crippen LogP contribution in [-0.2, 0) is 9.59 Å². The first-order chi connectivity index (χ1) is 5.61. The Kier molecular flexibility index (Phi) is 4.71. The molecule has 0 aliphatic heterocycles. The third kappa shape index (κ3) is 3.72. The first-order valence-electron chi connectivity index (χ1n) is 3.45. The van der Waals surface area contributed by atoms with Crippen LogP contribution in [0.15, 0.2) is 12.7 Å². The Balaban J connectivity index is 4.11. The molecule has 0 heterocycles. The molecule has 0 rings (SSSR count). The van der Waals surface area contributed by atoms with Crippen molar-refractivity contribution >= 4 is 11.8 Å². The van der Waals surface area contributed by atoms with E-state index in [-0.39, 0.29) is 6.42 Å². The Morgan fingerprint density at radius 3 is 2.58 bits per heavy atom. The quantitative estimate of drug-likeness (QED) is 0.298. The summed E-state index contributed by atoms with van der Waals surface area (Å²) in [6, 6.07) is 0. The number of rotatable bonds is 5. The summed E-state index contributed by atoms with van der Waals surface area (Å²) < 4.78 is 0. The lowest BCUT2D eigenvalue weighted by molar-refractivity contribution is -0.135. The summed E-state index contributed by atoms with van der Waals surface area (Å²) in [7, 11) is 0. The fourth-order valence-corrected chi connectivity index (χ4v) is 0.818. The predicted octanol–water partition coefficient (Wildman–Crippen LogP) is -0.440. The lowest BCUT2D eigenvalue weighted by Gasteiger charge is -2.09. The van der Waals surface area contributed by atoms with Crippen LogP contribution in [0.5, 0.6) is 0 Å². The third-order valence-corrected chi connectivity index (χ3v) is 1.38. The zero-order valence-corrected chi connectivity index (χ0v) is 6.62. The van der Waals surface area contributed by atoms with Crippen LogP contribution in [0.2, 0.25) is 0 Å². The van der Waals surface area contributed by atoms with Crippen molar-refractivity contribution in [2.24, 2.45) is 11.7 Å². The highest BCUT2D eigenvalue weighted by Crippen LogP contribution is 2.08. The largest absolute Gasteiger partial charge is 0.370 e. The molecule has 5 nitrogen and oxygen atoms in total. The normalized spacial score (nSPS) is 11.8. The van der Waals surface area contributed by atoms with Crippen molar-refractivity contribution in [2.45, 2.75) is 12.8 Å². The van der Waals surface area contributed by atoms with Crippen molar-refractivity contribution in [2.75, 3.05) is 0 Å². The van der Waals surface area contributed by atoms with Gasteiger partial charge in [-0.3, -0.25) is 14.8 Å². The number of carbonyl (C=O) groups excluding carboxylic acids is 2. The Bertz CT molecular complexity index is 191. The smallest absolute Gasteiger partial charge is 0.247 e. The number of carbonyl (C=O) groups is 2. The van der Waals surface area contributed by atoms with E-state index in [0.29, 0.717) is 6.42 Å². The molecule has 1 atom stereocenters. The number of hydrogen-bond donors (Lipinski definition) is 3. The molecule has 12 heavy (non-hydrogen) atoms. The number of nitrogens with one attached hydrogen (secondary N) is 1. The third-order valence-electron chi connectivity index (χ3n) is 1.38. The molecule has 1 unspecified atom stereocenters. The highest BCUT2D eigenvalue weighted by molar-refractivity contribution is 5.84. The molecule has 0 aliphatic carbocycles. The van der Waals surface area contributed by atoms with Gasteiger partial charge in [0.05, 0.1) is 5.92 Å². The van der Waals surface area contributed by atoms with E-state index >= 15 is 0 Å². The van der Waals surface area contributed by atoms with Gasteiger partial charge < -0.3 is 5.73 Å². The lowest BCUT2D eigenvalue weighted by Crippen LogP contribution is -2.31. The van der Waals surface area contributed by atoms with E-state index in [0.717, 1.165) is 0 Å². The summed E-state index contributed by atoms with van der Waals surface area (Å²) in [5.74, 6) is -1.82. The van der Waals surface area contributed by atoms with E-state index < -0.39 is 17.7 Å². The predicted molar refractivity (Wildman–Crippen MR) is 42.0 cm³/mol. The van der Waals surface area contributed by atoms with Crippen LogP contribution in [0.1, 0.15) is 12.8 Å². The fraction of sp³-hybridized carbons (Fsp3) is 0.429. The second kappa shape index (κ2) is 5.31. The molecule has 0 saturated carbocycles.